The van der Waals surface area contributed by atoms with E-state index < -0.39 is 0 Å². The summed E-state index contributed by atoms with van der Waals surface area (Å²) in [7, 11) is 0. The van der Waals surface area contributed by atoms with E-state index in [0.29, 0.717) is 6.54 Å². The molecule has 0 aliphatic carbocycles. The molecule has 0 bridgehead atoms. The van der Waals surface area contributed by atoms with Crippen molar-refractivity contribution in [1.82, 2.24) is 5.32 Å². The van der Waals surface area contributed by atoms with Gasteiger partial charge in [-0.15, -0.1) is 0 Å². The van der Waals surface area contributed by atoms with Crippen LogP contribution in [-0.2, 0) is 4.79 Å². The summed E-state index contributed by atoms with van der Waals surface area (Å²) in [5.41, 5.74) is 3.39. The van der Waals surface area contributed by atoms with E-state index in [1.807, 2.05) is 20.8 Å². The molecule has 3 heteroatoms. The van der Waals surface area contributed by atoms with Crippen LogP contribution in [0.1, 0.15) is 37.8 Å². The number of hydrogen-bond acceptors (Lipinski definition) is 2. The summed E-state index contributed by atoms with van der Waals surface area (Å²) in [6.07, 6.45) is 2.11. The summed E-state index contributed by atoms with van der Waals surface area (Å²) in [5, 5.41) is 6.17. The largest absolute Gasteiger partial charge is 0.376 e. The molecule has 18 heavy (non-hydrogen) atoms. The molecule has 0 spiro atoms. The zero-order valence-corrected chi connectivity index (χ0v) is 11.8. The van der Waals surface area contributed by atoms with E-state index in [1.165, 1.54) is 5.56 Å². The van der Waals surface area contributed by atoms with Gasteiger partial charge in [-0.1, -0.05) is 25.5 Å². The van der Waals surface area contributed by atoms with Crippen molar-refractivity contribution >= 4 is 11.6 Å². The molecular formula is C15H24N2O. The van der Waals surface area contributed by atoms with Crippen LogP contribution in [0.4, 0.5) is 5.69 Å². The average Bonchev–Trinajstić information content (AvgIpc) is 2.30. The predicted octanol–water partition coefficient (Wildman–Crippen LogP) is 3.02. The monoisotopic (exact) mass is 248 g/mol. The topological polar surface area (TPSA) is 41.1 Å². The normalized spacial score (nSPS) is 12.0. The molecule has 3 nitrogen and oxygen atoms in total. The lowest BCUT2D eigenvalue weighted by molar-refractivity contribution is -0.120. The first-order valence-corrected chi connectivity index (χ1v) is 6.63. The molecule has 1 aromatic carbocycles. The average molecular weight is 248 g/mol. The van der Waals surface area contributed by atoms with Gasteiger partial charge < -0.3 is 10.6 Å². The Labute approximate surface area is 110 Å². The summed E-state index contributed by atoms with van der Waals surface area (Å²) in [5.74, 6) is 0.0526. The second-order valence-electron chi connectivity index (χ2n) is 4.93. The van der Waals surface area contributed by atoms with Gasteiger partial charge in [-0.25, -0.2) is 0 Å². The maximum Gasteiger partial charge on any atom is 0.239 e. The minimum Gasteiger partial charge on any atom is -0.376 e. The van der Waals surface area contributed by atoms with Crippen LogP contribution in [0.5, 0.6) is 0 Å². The van der Waals surface area contributed by atoms with Crippen LogP contribution in [0.25, 0.3) is 0 Å². The predicted molar refractivity (Wildman–Crippen MR) is 76.9 cm³/mol. The Morgan fingerprint density at radius 2 is 2.06 bits per heavy atom. The number of hydrogen-bond donors (Lipinski definition) is 2. The lowest BCUT2D eigenvalue weighted by Gasteiger charge is -2.14. The van der Waals surface area contributed by atoms with Gasteiger partial charge in [0.2, 0.25) is 5.91 Å². The van der Waals surface area contributed by atoms with Gasteiger partial charge in [-0.05, 0) is 44.4 Å². The molecule has 0 saturated carbocycles. The van der Waals surface area contributed by atoms with Crippen molar-refractivity contribution in [2.24, 2.45) is 0 Å². The first kappa shape index (κ1) is 14.6. The Morgan fingerprint density at radius 1 is 1.33 bits per heavy atom. The zero-order chi connectivity index (χ0) is 13.5. The van der Waals surface area contributed by atoms with Crippen LogP contribution in [0.15, 0.2) is 18.2 Å². The van der Waals surface area contributed by atoms with Crippen molar-refractivity contribution in [2.75, 3.05) is 11.9 Å². The van der Waals surface area contributed by atoms with Gasteiger partial charge in [0, 0.05) is 11.7 Å². The van der Waals surface area contributed by atoms with Gasteiger partial charge in [0.25, 0.3) is 0 Å². The third kappa shape index (κ3) is 4.78. The number of carbonyl (C=O) groups excluding carboxylic acids is 1. The highest BCUT2D eigenvalue weighted by Gasteiger charge is 2.06. The molecule has 1 amide bonds. The zero-order valence-electron chi connectivity index (χ0n) is 11.8. The summed E-state index contributed by atoms with van der Waals surface area (Å²) in [6, 6.07) is 6.46. The third-order valence-electron chi connectivity index (χ3n) is 2.96. The Bertz CT molecular complexity index is 401. The number of rotatable bonds is 6. The van der Waals surface area contributed by atoms with Crippen molar-refractivity contribution in [3.63, 3.8) is 0 Å². The fourth-order valence-electron chi connectivity index (χ4n) is 1.93. The van der Waals surface area contributed by atoms with Crippen molar-refractivity contribution in [2.45, 2.75) is 46.6 Å². The second-order valence-corrected chi connectivity index (χ2v) is 4.93. The summed E-state index contributed by atoms with van der Waals surface area (Å²) in [4.78, 5) is 11.7. The van der Waals surface area contributed by atoms with E-state index in [0.717, 1.165) is 24.1 Å². The molecule has 1 aromatic rings. The number of anilines is 1. The number of benzene rings is 1. The number of amides is 1. The summed E-state index contributed by atoms with van der Waals surface area (Å²) in [6.45, 7) is 8.59. The molecule has 0 fully saturated rings. The van der Waals surface area contributed by atoms with E-state index in [-0.39, 0.29) is 11.9 Å². The number of carbonyl (C=O) groups is 1. The van der Waals surface area contributed by atoms with Gasteiger partial charge in [-0.3, -0.25) is 4.79 Å². The molecule has 1 rings (SSSR count). The summed E-state index contributed by atoms with van der Waals surface area (Å²) < 4.78 is 0. The van der Waals surface area contributed by atoms with Gasteiger partial charge in [0.1, 0.15) is 0 Å². The van der Waals surface area contributed by atoms with E-state index >= 15 is 0 Å². The molecule has 1 unspecified atom stereocenters. The summed E-state index contributed by atoms with van der Waals surface area (Å²) >= 11 is 0. The molecular weight excluding hydrogens is 224 g/mol. The SMILES string of the molecule is CCCC(C)NC(=O)CNc1cc(C)ccc1C. The van der Waals surface area contributed by atoms with Gasteiger partial charge in [0.05, 0.1) is 6.54 Å². The van der Waals surface area contributed by atoms with Crippen LogP contribution in [0.2, 0.25) is 0 Å². The lowest BCUT2D eigenvalue weighted by Crippen LogP contribution is -2.36. The maximum absolute atomic E-state index is 11.7. The van der Waals surface area contributed by atoms with Crippen LogP contribution in [0.3, 0.4) is 0 Å². The second kappa shape index (κ2) is 7.04. The Balaban J connectivity index is 2.45. The number of aryl methyl sites for hydroxylation is 2. The molecule has 0 aromatic heterocycles. The standard InChI is InChI=1S/C15H24N2O/c1-5-6-13(4)17-15(18)10-16-14-9-11(2)7-8-12(14)3/h7-9,13,16H,5-6,10H2,1-4H3,(H,17,18). The molecule has 2 N–H and O–H groups in total. The smallest absolute Gasteiger partial charge is 0.239 e. The molecule has 0 radical (unpaired) electrons. The molecule has 100 valence electrons. The lowest BCUT2D eigenvalue weighted by atomic mass is 10.1. The minimum absolute atomic E-state index is 0.0526. The highest BCUT2D eigenvalue weighted by molar-refractivity contribution is 5.81. The van der Waals surface area contributed by atoms with E-state index in [2.05, 4.69) is 35.8 Å². The number of nitrogens with one attached hydrogen (secondary N) is 2. The van der Waals surface area contributed by atoms with Crippen LogP contribution in [0, 0.1) is 13.8 Å². The molecule has 0 heterocycles. The first-order valence-electron chi connectivity index (χ1n) is 6.63. The maximum atomic E-state index is 11.7. The molecule has 0 aliphatic rings. The Hall–Kier alpha value is -1.51. The fraction of sp³-hybridized carbons (Fsp3) is 0.533. The molecule has 0 saturated heterocycles. The Kier molecular flexibility index (Phi) is 5.69. The molecule has 1 atom stereocenters. The highest BCUT2D eigenvalue weighted by atomic mass is 16.1. The fourth-order valence-corrected chi connectivity index (χ4v) is 1.93. The van der Waals surface area contributed by atoms with E-state index in [9.17, 15) is 4.79 Å². The quantitative estimate of drug-likeness (QED) is 0.812. The van der Waals surface area contributed by atoms with Crippen molar-refractivity contribution in [1.29, 1.82) is 0 Å². The van der Waals surface area contributed by atoms with E-state index in [1.54, 1.807) is 0 Å². The first-order chi connectivity index (χ1) is 8.52. The minimum atomic E-state index is 0.0526. The van der Waals surface area contributed by atoms with Crippen molar-refractivity contribution < 1.29 is 4.79 Å². The van der Waals surface area contributed by atoms with Gasteiger partial charge in [-0.2, -0.15) is 0 Å². The highest BCUT2D eigenvalue weighted by Crippen LogP contribution is 2.15. The van der Waals surface area contributed by atoms with Crippen LogP contribution < -0.4 is 10.6 Å². The third-order valence-corrected chi connectivity index (χ3v) is 2.96. The van der Waals surface area contributed by atoms with Crippen LogP contribution in [-0.4, -0.2) is 18.5 Å². The molecule has 0 aliphatic heterocycles. The Morgan fingerprint density at radius 3 is 2.72 bits per heavy atom. The van der Waals surface area contributed by atoms with Gasteiger partial charge in [0.15, 0.2) is 0 Å². The van der Waals surface area contributed by atoms with Crippen molar-refractivity contribution in [3.05, 3.63) is 29.3 Å². The van der Waals surface area contributed by atoms with Gasteiger partial charge >= 0.3 is 0 Å². The van der Waals surface area contributed by atoms with Crippen molar-refractivity contribution in [3.8, 4) is 0 Å². The van der Waals surface area contributed by atoms with E-state index in [4.69, 9.17) is 0 Å². The van der Waals surface area contributed by atoms with Crippen LogP contribution >= 0.6 is 0 Å².